The van der Waals surface area contributed by atoms with Gasteiger partial charge in [0.15, 0.2) is 0 Å². The third kappa shape index (κ3) is 4.02. The lowest BCUT2D eigenvalue weighted by Crippen LogP contribution is -2.32. The first-order valence-electron chi connectivity index (χ1n) is 6.78. The third-order valence-electron chi connectivity index (χ3n) is 3.72. The van der Waals surface area contributed by atoms with Gasteiger partial charge in [0, 0.05) is 11.4 Å². The fourth-order valence-corrected chi connectivity index (χ4v) is 4.80. The summed E-state index contributed by atoms with van der Waals surface area (Å²) in [7, 11) is -3.64. The Kier molecular flexibility index (Phi) is 5.20. The fraction of sp³-hybridized carbons (Fsp3) is 0.571. The van der Waals surface area contributed by atoms with Crippen LogP contribution in [0.1, 0.15) is 31.2 Å². The van der Waals surface area contributed by atoms with Crippen molar-refractivity contribution in [1.29, 1.82) is 0 Å². The first kappa shape index (κ1) is 15.9. The van der Waals surface area contributed by atoms with E-state index < -0.39 is 15.8 Å². The number of alkyl halides is 1. The van der Waals surface area contributed by atoms with Gasteiger partial charge in [0.25, 0.3) is 0 Å². The summed E-state index contributed by atoms with van der Waals surface area (Å²) < 4.78 is 40.3. The molecule has 0 spiro atoms. The number of aryl methyl sites for hydroxylation is 1. The highest BCUT2D eigenvalue weighted by Crippen LogP contribution is 2.28. The Morgan fingerprint density at radius 3 is 2.85 bits per heavy atom. The zero-order chi connectivity index (χ0) is 14.8. The molecule has 0 aromatic heterocycles. The lowest BCUT2D eigenvalue weighted by atomic mass is 9.89. The number of benzene rings is 1. The molecule has 112 valence electrons. The lowest BCUT2D eigenvalue weighted by Gasteiger charge is -2.25. The SMILES string of the molecule is Cc1ccc(F)cc1S(=O)(=O)NCC1CCCC(Br)C1. The smallest absolute Gasteiger partial charge is 0.211 e. The van der Waals surface area contributed by atoms with Crippen LogP contribution in [0, 0.1) is 18.7 Å². The van der Waals surface area contributed by atoms with Crippen LogP contribution in [0.2, 0.25) is 0 Å². The number of hydrogen-bond acceptors (Lipinski definition) is 2. The molecule has 0 heterocycles. The van der Waals surface area contributed by atoms with Crippen LogP contribution >= 0.6 is 15.9 Å². The third-order valence-corrected chi connectivity index (χ3v) is 6.12. The van der Waals surface area contributed by atoms with Crippen LogP contribution in [0.25, 0.3) is 0 Å². The molecule has 1 aliphatic carbocycles. The van der Waals surface area contributed by atoms with E-state index in [9.17, 15) is 12.8 Å². The fourth-order valence-electron chi connectivity index (χ4n) is 2.58. The minimum absolute atomic E-state index is 0.0312. The quantitative estimate of drug-likeness (QED) is 0.833. The van der Waals surface area contributed by atoms with Gasteiger partial charge in [-0.2, -0.15) is 0 Å². The summed E-state index contributed by atoms with van der Waals surface area (Å²) in [5.41, 5.74) is 0.556. The summed E-state index contributed by atoms with van der Waals surface area (Å²) in [6.45, 7) is 2.09. The van der Waals surface area contributed by atoms with Crippen molar-refractivity contribution in [1.82, 2.24) is 4.72 Å². The van der Waals surface area contributed by atoms with E-state index in [1.54, 1.807) is 6.92 Å². The number of nitrogens with one attached hydrogen (secondary N) is 1. The second-order valence-electron chi connectivity index (χ2n) is 5.39. The molecule has 2 unspecified atom stereocenters. The minimum atomic E-state index is -3.64. The first-order chi connectivity index (χ1) is 9.38. The van der Waals surface area contributed by atoms with Crippen LogP contribution < -0.4 is 4.72 Å². The molecule has 1 saturated carbocycles. The zero-order valence-corrected chi connectivity index (χ0v) is 13.8. The van der Waals surface area contributed by atoms with E-state index in [-0.39, 0.29) is 4.90 Å². The largest absolute Gasteiger partial charge is 0.240 e. The molecule has 2 rings (SSSR count). The van der Waals surface area contributed by atoms with Crippen LogP contribution in [0.5, 0.6) is 0 Å². The van der Waals surface area contributed by atoms with Crippen molar-refractivity contribution in [3.05, 3.63) is 29.6 Å². The van der Waals surface area contributed by atoms with E-state index in [0.717, 1.165) is 31.7 Å². The maximum absolute atomic E-state index is 13.2. The average molecular weight is 364 g/mol. The van der Waals surface area contributed by atoms with E-state index in [4.69, 9.17) is 0 Å². The summed E-state index contributed by atoms with van der Waals surface area (Å²) in [6.07, 6.45) is 4.27. The standard InChI is InChI=1S/C14H19BrFNO2S/c1-10-5-6-13(16)8-14(10)20(18,19)17-9-11-3-2-4-12(15)7-11/h5-6,8,11-12,17H,2-4,7,9H2,1H3. The Morgan fingerprint density at radius 2 is 2.15 bits per heavy atom. The maximum Gasteiger partial charge on any atom is 0.240 e. The van der Waals surface area contributed by atoms with Crippen LogP contribution in [0.3, 0.4) is 0 Å². The molecule has 1 aromatic carbocycles. The topological polar surface area (TPSA) is 46.2 Å². The van der Waals surface area contributed by atoms with Crippen molar-refractivity contribution in [2.75, 3.05) is 6.54 Å². The first-order valence-corrected chi connectivity index (χ1v) is 9.18. The predicted octanol–water partition coefficient (Wildman–Crippen LogP) is 3.37. The van der Waals surface area contributed by atoms with Gasteiger partial charge in [-0.3, -0.25) is 0 Å². The normalized spacial score (nSPS) is 23.8. The Balaban J connectivity index is 2.05. The Hall–Kier alpha value is -0.460. The molecule has 1 aliphatic rings. The molecule has 1 N–H and O–H groups in total. The van der Waals surface area contributed by atoms with Gasteiger partial charge < -0.3 is 0 Å². The molecular weight excluding hydrogens is 345 g/mol. The number of sulfonamides is 1. The monoisotopic (exact) mass is 363 g/mol. The molecule has 0 saturated heterocycles. The molecular formula is C14H19BrFNO2S. The highest BCUT2D eigenvalue weighted by molar-refractivity contribution is 9.09. The van der Waals surface area contributed by atoms with Crippen LogP contribution in [0.4, 0.5) is 4.39 Å². The van der Waals surface area contributed by atoms with E-state index >= 15 is 0 Å². The average Bonchev–Trinajstić information content (AvgIpc) is 2.39. The number of hydrogen-bond donors (Lipinski definition) is 1. The van der Waals surface area contributed by atoms with Crippen LogP contribution in [-0.4, -0.2) is 19.8 Å². The van der Waals surface area contributed by atoms with E-state index in [0.29, 0.717) is 22.9 Å². The molecule has 0 aliphatic heterocycles. The lowest BCUT2D eigenvalue weighted by molar-refractivity contribution is 0.368. The van der Waals surface area contributed by atoms with Gasteiger partial charge in [0.1, 0.15) is 5.82 Å². The van der Waals surface area contributed by atoms with Crippen LogP contribution in [-0.2, 0) is 10.0 Å². The maximum atomic E-state index is 13.2. The molecule has 1 aromatic rings. The second kappa shape index (κ2) is 6.54. The van der Waals surface area contributed by atoms with Gasteiger partial charge >= 0.3 is 0 Å². The van der Waals surface area contributed by atoms with Crippen molar-refractivity contribution in [2.24, 2.45) is 5.92 Å². The highest BCUT2D eigenvalue weighted by Gasteiger charge is 2.23. The van der Waals surface area contributed by atoms with Gasteiger partial charge in [0.2, 0.25) is 10.0 Å². The molecule has 0 bridgehead atoms. The molecule has 6 heteroatoms. The van der Waals surface area contributed by atoms with Crippen molar-refractivity contribution >= 4 is 26.0 Å². The summed E-state index contributed by atoms with van der Waals surface area (Å²) >= 11 is 3.59. The van der Waals surface area contributed by atoms with E-state index in [1.165, 1.54) is 12.1 Å². The Morgan fingerprint density at radius 1 is 1.40 bits per heavy atom. The highest BCUT2D eigenvalue weighted by atomic mass is 79.9. The molecule has 0 radical (unpaired) electrons. The molecule has 2 atom stereocenters. The Labute approximate surface area is 128 Å². The van der Waals surface area contributed by atoms with Gasteiger partial charge in [-0.05, 0) is 49.8 Å². The molecule has 1 fully saturated rings. The van der Waals surface area contributed by atoms with E-state index in [2.05, 4.69) is 20.7 Å². The summed E-state index contributed by atoms with van der Waals surface area (Å²) in [6, 6.07) is 3.83. The molecule has 0 amide bonds. The number of halogens is 2. The van der Waals surface area contributed by atoms with Gasteiger partial charge in [-0.1, -0.05) is 28.4 Å². The van der Waals surface area contributed by atoms with E-state index in [1.807, 2.05) is 0 Å². The number of rotatable bonds is 4. The summed E-state index contributed by atoms with van der Waals surface area (Å²) in [4.78, 5) is 0.505. The molecule has 3 nitrogen and oxygen atoms in total. The Bertz CT molecular complexity index is 577. The van der Waals surface area contributed by atoms with Gasteiger partial charge in [0.05, 0.1) is 4.90 Å². The second-order valence-corrected chi connectivity index (χ2v) is 8.42. The summed E-state index contributed by atoms with van der Waals surface area (Å²) in [5, 5.41) is 0. The molecule has 20 heavy (non-hydrogen) atoms. The van der Waals surface area contributed by atoms with Crippen molar-refractivity contribution in [3.63, 3.8) is 0 Å². The zero-order valence-electron chi connectivity index (χ0n) is 11.4. The van der Waals surface area contributed by atoms with Crippen molar-refractivity contribution in [3.8, 4) is 0 Å². The van der Waals surface area contributed by atoms with Gasteiger partial charge in [-0.15, -0.1) is 0 Å². The predicted molar refractivity (Wildman–Crippen MR) is 81.0 cm³/mol. The summed E-state index contributed by atoms with van der Waals surface area (Å²) in [5.74, 6) is -0.189. The van der Waals surface area contributed by atoms with Crippen LogP contribution in [0.15, 0.2) is 23.1 Å². The van der Waals surface area contributed by atoms with Crippen molar-refractivity contribution < 1.29 is 12.8 Å². The van der Waals surface area contributed by atoms with Gasteiger partial charge in [-0.25, -0.2) is 17.5 Å². The minimum Gasteiger partial charge on any atom is -0.211 e. The van der Waals surface area contributed by atoms with Crippen molar-refractivity contribution in [2.45, 2.75) is 42.3 Å².